The first-order chi connectivity index (χ1) is 32.2. The number of unbranched alkanes of at least 4 members (excludes halogenated alkanes) is 34. The Morgan fingerprint density at radius 1 is 0.515 bits per heavy atom. The molecule has 11 nitrogen and oxygen atoms in total. The highest BCUT2D eigenvalue weighted by molar-refractivity contribution is 5.80. The van der Waals surface area contributed by atoms with Crippen LogP contribution >= 0.6 is 0 Å². The fraction of sp³-hybridized carbons (Fsp3) is 0.945. The summed E-state index contributed by atoms with van der Waals surface area (Å²) in [6.07, 6.45) is 39.7. The Kier molecular flexibility index (Phi) is 42.9. The number of nitrogens with one attached hydrogen (secondary N) is 1. The molecule has 8 N–H and O–H groups in total. The molecule has 1 aliphatic heterocycles. The second-order valence-electron chi connectivity index (χ2n) is 20.0. The van der Waals surface area contributed by atoms with Gasteiger partial charge in [0.15, 0.2) is 6.29 Å². The first-order valence-corrected chi connectivity index (χ1v) is 28.1. The molecule has 1 rings (SSSR count). The lowest BCUT2D eigenvalue weighted by Crippen LogP contribution is -2.60. The number of carbonyl (C=O) groups is 1. The summed E-state index contributed by atoms with van der Waals surface area (Å²) in [5, 5.41) is 76.0. The molecule has 66 heavy (non-hydrogen) atoms. The SMILES string of the molecule is CCCCCCCCCCCCCC/C=C\CCCCCCCCCCC(O)C(=O)NC(COC1OC(CO)C(O)C(O)C1O)C(O)C(O)CCCCCCCCCCCCCCCCC. The van der Waals surface area contributed by atoms with Crippen molar-refractivity contribution in [2.24, 2.45) is 0 Å². The first kappa shape index (κ1) is 62.9. The van der Waals surface area contributed by atoms with Crippen LogP contribution in [-0.2, 0) is 14.3 Å². The van der Waals surface area contributed by atoms with E-state index >= 15 is 0 Å². The maximum absolute atomic E-state index is 13.2. The molecule has 1 saturated heterocycles. The van der Waals surface area contributed by atoms with Crippen LogP contribution in [0.5, 0.6) is 0 Å². The van der Waals surface area contributed by atoms with Crippen molar-refractivity contribution in [1.82, 2.24) is 5.32 Å². The van der Waals surface area contributed by atoms with Crippen LogP contribution in [0.2, 0.25) is 0 Å². The van der Waals surface area contributed by atoms with Crippen LogP contribution in [-0.4, -0.2) is 110 Å². The second-order valence-corrected chi connectivity index (χ2v) is 20.0. The van der Waals surface area contributed by atoms with Crippen molar-refractivity contribution in [3.63, 3.8) is 0 Å². The van der Waals surface area contributed by atoms with E-state index in [0.29, 0.717) is 19.3 Å². The van der Waals surface area contributed by atoms with Gasteiger partial charge in [-0.1, -0.05) is 238 Å². The van der Waals surface area contributed by atoms with Gasteiger partial charge in [-0.15, -0.1) is 0 Å². The Morgan fingerprint density at radius 3 is 1.27 bits per heavy atom. The van der Waals surface area contributed by atoms with Crippen LogP contribution in [0.3, 0.4) is 0 Å². The molecule has 0 spiro atoms. The van der Waals surface area contributed by atoms with Crippen molar-refractivity contribution in [3.8, 4) is 0 Å². The lowest BCUT2D eigenvalue weighted by atomic mass is 9.98. The Morgan fingerprint density at radius 2 is 0.879 bits per heavy atom. The third-order valence-corrected chi connectivity index (χ3v) is 13.8. The highest BCUT2D eigenvalue weighted by atomic mass is 16.7. The van der Waals surface area contributed by atoms with Gasteiger partial charge >= 0.3 is 0 Å². The molecule has 0 saturated carbocycles. The average Bonchev–Trinajstić information content (AvgIpc) is 3.32. The number of amides is 1. The van der Waals surface area contributed by atoms with Crippen molar-refractivity contribution in [1.29, 1.82) is 0 Å². The number of ether oxygens (including phenoxy) is 2. The fourth-order valence-corrected chi connectivity index (χ4v) is 9.20. The molecule has 392 valence electrons. The Bertz CT molecular complexity index is 1080. The van der Waals surface area contributed by atoms with E-state index in [1.54, 1.807) is 0 Å². The van der Waals surface area contributed by atoms with Gasteiger partial charge in [0.1, 0.15) is 36.6 Å². The lowest BCUT2D eigenvalue weighted by Gasteiger charge is -2.40. The lowest BCUT2D eigenvalue weighted by molar-refractivity contribution is -0.303. The monoisotopic (exact) mass is 942 g/mol. The molecule has 1 heterocycles. The second kappa shape index (κ2) is 45.0. The number of rotatable bonds is 48. The number of allylic oxidation sites excluding steroid dienone is 2. The zero-order valence-electron chi connectivity index (χ0n) is 42.7. The molecule has 9 unspecified atom stereocenters. The van der Waals surface area contributed by atoms with E-state index in [0.717, 1.165) is 44.9 Å². The molecule has 0 bridgehead atoms. The van der Waals surface area contributed by atoms with Crippen LogP contribution in [0.25, 0.3) is 0 Å². The molecule has 1 aliphatic rings. The maximum atomic E-state index is 13.2. The van der Waals surface area contributed by atoms with Gasteiger partial charge in [0, 0.05) is 0 Å². The van der Waals surface area contributed by atoms with Crippen LogP contribution in [0.15, 0.2) is 12.2 Å². The minimum atomic E-state index is -1.66. The fourth-order valence-electron chi connectivity index (χ4n) is 9.20. The summed E-state index contributed by atoms with van der Waals surface area (Å²) in [6.45, 7) is 3.48. The van der Waals surface area contributed by atoms with Crippen molar-refractivity contribution in [2.45, 2.75) is 319 Å². The predicted molar refractivity (Wildman–Crippen MR) is 270 cm³/mol. The molecular weight excluding hydrogens is 835 g/mol. The Hall–Kier alpha value is -1.15. The molecule has 0 aliphatic carbocycles. The topological polar surface area (TPSA) is 189 Å². The number of aliphatic hydroxyl groups is 7. The maximum Gasteiger partial charge on any atom is 0.249 e. The summed E-state index contributed by atoms with van der Waals surface area (Å²) in [5.41, 5.74) is 0. The molecule has 0 aromatic carbocycles. The third-order valence-electron chi connectivity index (χ3n) is 13.8. The molecule has 11 heteroatoms. The normalized spacial score (nSPS) is 20.8. The zero-order chi connectivity index (χ0) is 48.3. The molecule has 1 amide bonds. The molecular formula is C55H107NO10. The van der Waals surface area contributed by atoms with Crippen molar-refractivity contribution < 1.29 is 50.0 Å². The standard InChI is InChI=1S/C55H107NO10/c1-3-5-7-9-11-13-15-17-19-20-21-22-23-24-25-26-27-29-31-33-35-37-39-41-43-48(59)54(64)56-46(45-65-55-53(63)52(62)51(61)49(44-57)66-55)50(60)47(58)42-40-38-36-34-32-30-28-18-16-14-12-10-8-6-4-2/h24-25,46-53,55,57-63H,3-23,26-45H2,1-2H3,(H,56,64)/b25-24-. The van der Waals surface area contributed by atoms with Crippen LogP contribution in [0.1, 0.15) is 264 Å². The van der Waals surface area contributed by atoms with Gasteiger partial charge in [-0.25, -0.2) is 0 Å². The van der Waals surface area contributed by atoms with E-state index in [1.165, 1.54) is 180 Å². The molecule has 9 atom stereocenters. The number of hydrogen-bond acceptors (Lipinski definition) is 10. The highest BCUT2D eigenvalue weighted by Crippen LogP contribution is 2.23. The van der Waals surface area contributed by atoms with Gasteiger partial charge in [0.25, 0.3) is 0 Å². The third kappa shape index (κ3) is 33.4. The van der Waals surface area contributed by atoms with Crippen LogP contribution in [0, 0.1) is 0 Å². The summed E-state index contributed by atoms with van der Waals surface area (Å²) in [6, 6.07) is -1.17. The summed E-state index contributed by atoms with van der Waals surface area (Å²) in [5.74, 6) is -0.696. The van der Waals surface area contributed by atoms with E-state index < -0.39 is 74.2 Å². The van der Waals surface area contributed by atoms with E-state index in [4.69, 9.17) is 9.47 Å². The quantitative estimate of drug-likeness (QED) is 0.0215. The summed E-state index contributed by atoms with van der Waals surface area (Å²) < 4.78 is 11.1. The van der Waals surface area contributed by atoms with Gasteiger partial charge in [0.2, 0.25) is 5.91 Å². The Balaban J connectivity index is 2.31. The van der Waals surface area contributed by atoms with Gasteiger partial charge in [0.05, 0.1) is 25.4 Å². The highest BCUT2D eigenvalue weighted by Gasteiger charge is 2.44. The Labute approximate surface area is 404 Å². The van der Waals surface area contributed by atoms with Gasteiger partial charge < -0.3 is 50.5 Å². The van der Waals surface area contributed by atoms with Crippen molar-refractivity contribution in [3.05, 3.63) is 12.2 Å². The summed E-state index contributed by atoms with van der Waals surface area (Å²) in [4.78, 5) is 13.2. The average molecular weight is 942 g/mol. The minimum absolute atomic E-state index is 0.259. The number of aliphatic hydroxyl groups excluding tert-OH is 7. The first-order valence-electron chi connectivity index (χ1n) is 28.1. The van der Waals surface area contributed by atoms with Crippen LogP contribution < -0.4 is 5.32 Å². The van der Waals surface area contributed by atoms with Crippen molar-refractivity contribution in [2.75, 3.05) is 13.2 Å². The zero-order valence-corrected chi connectivity index (χ0v) is 42.7. The minimum Gasteiger partial charge on any atom is -0.394 e. The van der Waals surface area contributed by atoms with E-state index in [2.05, 4.69) is 31.3 Å². The van der Waals surface area contributed by atoms with Crippen molar-refractivity contribution >= 4 is 5.91 Å². The molecule has 0 aromatic heterocycles. The molecule has 1 fully saturated rings. The summed E-state index contributed by atoms with van der Waals surface area (Å²) >= 11 is 0. The van der Waals surface area contributed by atoms with E-state index in [9.17, 15) is 40.5 Å². The van der Waals surface area contributed by atoms with Gasteiger partial charge in [-0.3, -0.25) is 4.79 Å². The predicted octanol–water partition coefficient (Wildman–Crippen LogP) is 11.2. The van der Waals surface area contributed by atoms with Gasteiger partial charge in [-0.2, -0.15) is 0 Å². The van der Waals surface area contributed by atoms with E-state index in [-0.39, 0.29) is 6.42 Å². The smallest absolute Gasteiger partial charge is 0.249 e. The molecule has 0 aromatic rings. The molecule has 0 radical (unpaired) electrons. The van der Waals surface area contributed by atoms with E-state index in [1.807, 2.05) is 0 Å². The van der Waals surface area contributed by atoms with Crippen LogP contribution in [0.4, 0.5) is 0 Å². The largest absolute Gasteiger partial charge is 0.394 e. The van der Waals surface area contributed by atoms with Gasteiger partial charge in [-0.05, 0) is 38.5 Å². The number of carbonyl (C=O) groups excluding carboxylic acids is 1. The number of hydrogen-bond donors (Lipinski definition) is 8. The summed E-state index contributed by atoms with van der Waals surface area (Å²) in [7, 11) is 0.